The highest BCUT2D eigenvalue weighted by molar-refractivity contribution is 7.83. The van der Waals surface area contributed by atoms with E-state index in [2.05, 4.69) is 17.7 Å². The zero-order chi connectivity index (χ0) is 35.5. The Bertz CT molecular complexity index is 2260. The van der Waals surface area contributed by atoms with Crippen LogP contribution in [0.1, 0.15) is 63.0 Å². The molecule has 1 aromatic heterocycles. The van der Waals surface area contributed by atoms with Gasteiger partial charge < -0.3 is 10.6 Å². The van der Waals surface area contributed by atoms with Crippen LogP contribution in [0.3, 0.4) is 0 Å². The first kappa shape index (κ1) is 34.1. The first-order chi connectivity index (χ1) is 24.9. The van der Waals surface area contributed by atoms with Crippen LogP contribution in [0.5, 0.6) is 0 Å². The molecular formula is C42H41N5O3S. The first-order valence-corrected chi connectivity index (χ1v) is 18.6. The maximum atomic E-state index is 14.9. The number of aryl methyl sites for hydroxylation is 1. The standard InChI is InChI=1S/C42H41N5O3S/c1-3-4-18-39-40(28(2)44-47(39)34-16-6-5-7-17-34)37-22-20-32(41(48)45-51(50)36-21-19-29-12-8-9-14-31(29)24-36)25-38(37)42(49)46-27-33-15-11-10-13-30(33)23-35(46)26-43/h5-17,19-22,24-25,35H,3-4,18,23,26-27,43H2,1-2H3,(H,45,48). The van der Waals surface area contributed by atoms with Crippen LogP contribution in [-0.2, 0) is 30.4 Å². The van der Waals surface area contributed by atoms with Crippen molar-refractivity contribution in [3.63, 3.8) is 0 Å². The fraction of sp³-hybridized carbons (Fsp3) is 0.214. The lowest BCUT2D eigenvalue weighted by molar-refractivity contribution is 0.0648. The second-order valence-corrected chi connectivity index (χ2v) is 14.2. The molecule has 0 radical (unpaired) electrons. The average molecular weight is 696 g/mol. The van der Waals surface area contributed by atoms with Gasteiger partial charge in [-0.2, -0.15) is 5.10 Å². The summed E-state index contributed by atoms with van der Waals surface area (Å²) in [5, 5.41) is 6.93. The molecule has 2 heterocycles. The number of rotatable bonds is 10. The molecule has 1 aliphatic rings. The number of nitrogens with two attached hydrogens (primary N) is 1. The Labute approximate surface area is 300 Å². The Balaban J connectivity index is 1.32. The number of carbonyl (C=O) groups is 2. The Kier molecular flexibility index (Phi) is 9.92. The quantitative estimate of drug-likeness (QED) is 0.156. The van der Waals surface area contributed by atoms with Crippen LogP contribution in [0, 0.1) is 6.92 Å². The highest BCUT2D eigenvalue weighted by Crippen LogP contribution is 2.36. The molecule has 8 nitrogen and oxygen atoms in total. The number of hydrogen-bond acceptors (Lipinski definition) is 5. The zero-order valence-corrected chi connectivity index (χ0v) is 29.7. The lowest BCUT2D eigenvalue weighted by Gasteiger charge is -2.37. The number of unbranched alkanes of at least 4 members (excludes halogenated alkanes) is 1. The highest BCUT2D eigenvalue weighted by atomic mass is 32.2. The van der Waals surface area contributed by atoms with Crippen molar-refractivity contribution in [1.29, 1.82) is 0 Å². The van der Waals surface area contributed by atoms with Crippen LogP contribution >= 0.6 is 0 Å². The topological polar surface area (TPSA) is 110 Å². The molecular weight excluding hydrogens is 655 g/mol. The minimum atomic E-state index is -1.82. The molecule has 6 aromatic rings. The summed E-state index contributed by atoms with van der Waals surface area (Å²) >= 11 is 0. The van der Waals surface area contributed by atoms with Crippen molar-refractivity contribution >= 4 is 33.6 Å². The van der Waals surface area contributed by atoms with Crippen molar-refractivity contribution in [3.8, 4) is 16.8 Å². The third-order valence-electron chi connectivity index (χ3n) is 9.71. The van der Waals surface area contributed by atoms with Crippen molar-refractivity contribution in [2.24, 2.45) is 5.73 Å². The maximum absolute atomic E-state index is 14.9. The van der Waals surface area contributed by atoms with E-state index in [0.29, 0.717) is 35.5 Å². The van der Waals surface area contributed by atoms with Gasteiger partial charge in [0, 0.05) is 35.8 Å². The molecule has 0 aliphatic carbocycles. The Morgan fingerprint density at radius 3 is 2.37 bits per heavy atom. The van der Waals surface area contributed by atoms with E-state index >= 15 is 0 Å². The lowest BCUT2D eigenvalue weighted by atomic mass is 9.90. The summed E-state index contributed by atoms with van der Waals surface area (Å²) in [5.74, 6) is -0.752. The van der Waals surface area contributed by atoms with Gasteiger partial charge in [-0.05, 0) is 90.0 Å². The number of benzene rings is 5. The minimum Gasteiger partial charge on any atom is -0.330 e. The van der Waals surface area contributed by atoms with Gasteiger partial charge in [-0.1, -0.05) is 92.2 Å². The summed E-state index contributed by atoms with van der Waals surface area (Å²) in [7, 11) is -1.82. The third-order valence-corrected chi connectivity index (χ3v) is 10.8. The molecule has 2 atom stereocenters. The van der Waals surface area contributed by atoms with Crippen LogP contribution in [0.15, 0.2) is 120 Å². The number of hydrogen-bond donors (Lipinski definition) is 2. The second-order valence-electron chi connectivity index (χ2n) is 13.0. The minimum absolute atomic E-state index is 0.214. The molecule has 0 spiro atoms. The van der Waals surface area contributed by atoms with Gasteiger partial charge in [-0.25, -0.2) is 8.89 Å². The van der Waals surface area contributed by atoms with E-state index in [9.17, 15) is 13.8 Å². The molecule has 258 valence electrons. The van der Waals surface area contributed by atoms with E-state index in [4.69, 9.17) is 10.8 Å². The smallest absolute Gasteiger partial charge is 0.263 e. The number of amides is 2. The predicted octanol–water partition coefficient (Wildman–Crippen LogP) is 7.32. The molecule has 51 heavy (non-hydrogen) atoms. The van der Waals surface area contributed by atoms with Crippen LogP contribution < -0.4 is 10.5 Å². The van der Waals surface area contributed by atoms with Gasteiger partial charge >= 0.3 is 0 Å². The Morgan fingerprint density at radius 2 is 1.61 bits per heavy atom. The summed E-state index contributed by atoms with van der Waals surface area (Å²) in [5.41, 5.74) is 13.5. The number of para-hydroxylation sites is 1. The third kappa shape index (κ3) is 6.87. The summed E-state index contributed by atoms with van der Waals surface area (Å²) in [6.45, 7) is 4.82. The molecule has 0 saturated heterocycles. The van der Waals surface area contributed by atoms with Crippen molar-refractivity contribution < 1.29 is 13.8 Å². The zero-order valence-electron chi connectivity index (χ0n) is 28.8. The number of fused-ring (bicyclic) bond motifs is 2. The van der Waals surface area contributed by atoms with Crippen molar-refractivity contribution in [3.05, 3.63) is 149 Å². The fourth-order valence-electron chi connectivity index (χ4n) is 7.04. The van der Waals surface area contributed by atoms with E-state index in [1.54, 1.807) is 18.2 Å². The molecule has 0 fully saturated rings. The van der Waals surface area contributed by atoms with E-state index in [1.165, 1.54) is 5.56 Å². The SMILES string of the molecule is CCCCc1c(-c2ccc(C(=O)NS(=O)c3ccc4ccccc4c3)cc2C(=O)N2Cc3ccccc3CC2CN)c(C)nn1-c1ccccc1. The number of nitrogens with zero attached hydrogens (tertiary/aromatic N) is 3. The predicted molar refractivity (Wildman–Crippen MR) is 203 cm³/mol. The highest BCUT2D eigenvalue weighted by Gasteiger charge is 2.32. The second kappa shape index (κ2) is 14.8. The van der Waals surface area contributed by atoms with Crippen LogP contribution in [0.4, 0.5) is 0 Å². The van der Waals surface area contributed by atoms with Crippen LogP contribution in [-0.4, -0.2) is 43.3 Å². The Hall–Kier alpha value is -5.38. The van der Waals surface area contributed by atoms with Crippen LogP contribution in [0.25, 0.3) is 27.6 Å². The van der Waals surface area contributed by atoms with E-state index in [0.717, 1.165) is 58.2 Å². The van der Waals surface area contributed by atoms with Gasteiger partial charge in [-0.15, -0.1) is 0 Å². The average Bonchev–Trinajstić information content (AvgIpc) is 3.51. The molecule has 7 rings (SSSR count). The first-order valence-electron chi connectivity index (χ1n) is 17.4. The molecule has 9 heteroatoms. The Morgan fingerprint density at radius 1 is 0.882 bits per heavy atom. The summed E-state index contributed by atoms with van der Waals surface area (Å²) in [6, 6.07) is 36.3. The number of carbonyl (C=O) groups excluding carboxylic acids is 2. The van der Waals surface area contributed by atoms with Crippen molar-refractivity contribution in [2.75, 3.05) is 6.54 Å². The van der Waals surface area contributed by atoms with Crippen LogP contribution in [0.2, 0.25) is 0 Å². The molecule has 1 aliphatic heterocycles. The van der Waals surface area contributed by atoms with Gasteiger partial charge in [0.1, 0.15) is 0 Å². The summed E-state index contributed by atoms with van der Waals surface area (Å²) in [4.78, 5) is 31.0. The molecule has 2 unspecified atom stereocenters. The largest absolute Gasteiger partial charge is 0.330 e. The molecule has 0 bridgehead atoms. The lowest BCUT2D eigenvalue weighted by Crippen LogP contribution is -2.48. The normalized spacial score (nSPS) is 14.6. The fourth-order valence-corrected chi connectivity index (χ4v) is 7.87. The van der Waals surface area contributed by atoms with Crippen molar-refractivity contribution in [1.82, 2.24) is 19.4 Å². The maximum Gasteiger partial charge on any atom is 0.263 e. The molecule has 5 aromatic carbocycles. The summed E-state index contributed by atoms with van der Waals surface area (Å²) in [6.07, 6.45) is 3.33. The van der Waals surface area contributed by atoms with Gasteiger partial charge in [0.25, 0.3) is 11.8 Å². The van der Waals surface area contributed by atoms with Gasteiger partial charge in [0.05, 0.1) is 22.0 Å². The van der Waals surface area contributed by atoms with E-state index in [1.807, 2.05) is 108 Å². The van der Waals surface area contributed by atoms with E-state index in [-0.39, 0.29) is 17.5 Å². The molecule has 2 amide bonds. The molecule has 3 N–H and O–H groups in total. The van der Waals surface area contributed by atoms with E-state index < -0.39 is 16.9 Å². The summed E-state index contributed by atoms with van der Waals surface area (Å²) < 4.78 is 18.1. The number of aromatic nitrogens is 2. The molecule has 0 saturated carbocycles. The number of nitrogens with one attached hydrogen (secondary N) is 1. The van der Waals surface area contributed by atoms with Gasteiger partial charge in [-0.3, -0.25) is 14.3 Å². The van der Waals surface area contributed by atoms with Crippen molar-refractivity contribution in [2.45, 2.75) is 57.0 Å². The van der Waals surface area contributed by atoms with Gasteiger partial charge in [0.15, 0.2) is 11.0 Å². The van der Waals surface area contributed by atoms with Gasteiger partial charge in [0.2, 0.25) is 0 Å². The monoisotopic (exact) mass is 695 g/mol.